The second-order valence-corrected chi connectivity index (χ2v) is 6.88. The van der Waals surface area contributed by atoms with E-state index < -0.39 is 0 Å². The molecular formula is C19H15N5O2S. The highest BCUT2D eigenvalue weighted by Crippen LogP contribution is 2.23. The van der Waals surface area contributed by atoms with Crippen molar-refractivity contribution in [3.05, 3.63) is 54.1 Å². The molecule has 8 heteroatoms. The molecule has 0 aliphatic carbocycles. The topological polar surface area (TPSA) is 101 Å². The number of carbonyl (C=O) groups is 2. The first-order valence-corrected chi connectivity index (χ1v) is 9.23. The summed E-state index contributed by atoms with van der Waals surface area (Å²) in [4.78, 5) is 31.1. The maximum absolute atomic E-state index is 12.4. The smallest absolute Gasteiger partial charge is 0.221 e. The van der Waals surface area contributed by atoms with Crippen LogP contribution in [0.5, 0.6) is 0 Å². The summed E-state index contributed by atoms with van der Waals surface area (Å²) in [5.41, 5.74) is 3.54. The molecule has 4 aromatic rings. The zero-order valence-corrected chi connectivity index (χ0v) is 15.2. The van der Waals surface area contributed by atoms with E-state index in [0.29, 0.717) is 22.1 Å². The lowest BCUT2D eigenvalue weighted by Crippen LogP contribution is -2.07. The molecule has 0 unspecified atom stereocenters. The van der Waals surface area contributed by atoms with Gasteiger partial charge < -0.3 is 10.3 Å². The van der Waals surface area contributed by atoms with Crippen molar-refractivity contribution in [2.75, 3.05) is 11.1 Å². The molecule has 2 heterocycles. The van der Waals surface area contributed by atoms with E-state index in [9.17, 15) is 9.59 Å². The summed E-state index contributed by atoms with van der Waals surface area (Å²) in [6, 6.07) is 14.6. The molecule has 0 radical (unpaired) electrons. The third-order valence-corrected chi connectivity index (χ3v) is 4.80. The van der Waals surface area contributed by atoms with Gasteiger partial charge in [-0.2, -0.15) is 0 Å². The molecule has 0 spiro atoms. The monoisotopic (exact) mass is 377 g/mol. The Morgan fingerprint density at radius 3 is 2.63 bits per heavy atom. The number of nitrogens with one attached hydrogen (secondary N) is 2. The molecule has 0 fully saturated rings. The van der Waals surface area contributed by atoms with Gasteiger partial charge in [0.05, 0.1) is 5.75 Å². The maximum Gasteiger partial charge on any atom is 0.221 e. The first kappa shape index (κ1) is 17.2. The second kappa shape index (κ2) is 7.16. The lowest BCUT2D eigenvalue weighted by atomic mass is 10.1. The van der Waals surface area contributed by atoms with Gasteiger partial charge in [0.2, 0.25) is 11.1 Å². The Balaban J connectivity index is 1.47. The molecule has 2 aromatic carbocycles. The highest BCUT2D eigenvalue weighted by molar-refractivity contribution is 7.99. The number of aromatic amines is 1. The molecule has 0 atom stereocenters. The number of anilines is 1. The third kappa shape index (κ3) is 3.65. The maximum atomic E-state index is 12.4. The van der Waals surface area contributed by atoms with Gasteiger partial charge in [-0.1, -0.05) is 30.0 Å². The number of rotatable bonds is 5. The molecule has 2 aromatic heterocycles. The SMILES string of the molecule is CC(=O)Nc1ccc(C(=O)CSc2nnc3c(n2)[nH]c2ccccc23)cc1. The predicted molar refractivity (Wildman–Crippen MR) is 105 cm³/mol. The van der Waals surface area contributed by atoms with Crippen molar-refractivity contribution in [2.24, 2.45) is 0 Å². The fourth-order valence-electron chi connectivity index (χ4n) is 2.72. The van der Waals surface area contributed by atoms with Crippen LogP contribution in [0.25, 0.3) is 22.1 Å². The Morgan fingerprint density at radius 2 is 1.85 bits per heavy atom. The third-order valence-electron chi connectivity index (χ3n) is 3.96. The molecule has 134 valence electrons. The van der Waals surface area contributed by atoms with Crippen LogP contribution in [0.4, 0.5) is 5.69 Å². The first-order valence-electron chi connectivity index (χ1n) is 8.25. The number of hydrogen-bond acceptors (Lipinski definition) is 6. The van der Waals surface area contributed by atoms with Gasteiger partial charge in [0.15, 0.2) is 11.4 Å². The van der Waals surface area contributed by atoms with Crippen LogP contribution < -0.4 is 5.32 Å². The van der Waals surface area contributed by atoms with E-state index in [1.807, 2.05) is 24.3 Å². The van der Waals surface area contributed by atoms with Crippen LogP contribution in [-0.4, -0.2) is 37.6 Å². The van der Waals surface area contributed by atoms with Gasteiger partial charge in [-0.15, -0.1) is 10.2 Å². The standard InChI is InChI=1S/C19H15N5O2S/c1-11(25)20-13-8-6-12(7-9-13)16(26)10-27-19-22-18-17(23-24-19)14-4-2-3-5-15(14)21-18/h2-9H,10H2,1H3,(H,20,25)(H,21,22,24). The van der Waals surface area contributed by atoms with E-state index in [0.717, 1.165) is 16.4 Å². The number of benzene rings is 2. The molecule has 0 aliphatic heterocycles. The molecule has 1 amide bonds. The van der Waals surface area contributed by atoms with Crippen LogP contribution in [0.2, 0.25) is 0 Å². The van der Waals surface area contributed by atoms with Crippen molar-refractivity contribution >= 4 is 51.2 Å². The van der Waals surface area contributed by atoms with Gasteiger partial charge in [0.25, 0.3) is 0 Å². The number of carbonyl (C=O) groups excluding carboxylic acids is 2. The van der Waals surface area contributed by atoms with E-state index >= 15 is 0 Å². The number of Topliss-reactive ketones (excluding diaryl/α,β-unsaturated/α-hetero) is 1. The minimum atomic E-state index is -0.151. The normalized spacial score (nSPS) is 11.0. The van der Waals surface area contributed by atoms with Crippen LogP contribution in [0, 0.1) is 0 Å². The summed E-state index contributed by atoms with van der Waals surface area (Å²) in [6.45, 7) is 1.44. The number of thioether (sulfide) groups is 1. The van der Waals surface area contributed by atoms with Crippen LogP contribution >= 0.6 is 11.8 Å². The Morgan fingerprint density at radius 1 is 1.07 bits per heavy atom. The molecule has 0 saturated heterocycles. The zero-order valence-electron chi connectivity index (χ0n) is 14.4. The molecule has 0 saturated carbocycles. The van der Waals surface area contributed by atoms with Crippen LogP contribution in [-0.2, 0) is 4.79 Å². The average Bonchev–Trinajstić information content (AvgIpc) is 3.04. The van der Waals surface area contributed by atoms with Crippen LogP contribution in [0.15, 0.2) is 53.7 Å². The summed E-state index contributed by atoms with van der Waals surface area (Å²) < 4.78 is 0. The fraction of sp³-hybridized carbons (Fsp3) is 0.105. The summed E-state index contributed by atoms with van der Waals surface area (Å²) in [6.07, 6.45) is 0. The summed E-state index contributed by atoms with van der Waals surface area (Å²) in [5.74, 6) is 0.00348. The van der Waals surface area contributed by atoms with Gasteiger partial charge in [0.1, 0.15) is 5.52 Å². The molecule has 0 aliphatic rings. The first-order chi connectivity index (χ1) is 13.1. The van der Waals surface area contributed by atoms with Crippen molar-refractivity contribution < 1.29 is 9.59 Å². The van der Waals surface area contributed by atoms with Crippen molar-refractivity contribution in [2.45, 2.75) is 12.1 Å². The van der Waals surface area contributed by atoms with Gasteiger partial charge in [-0.25, -0.2) is 4.98 Å². The quantitative estimate of drug-likeness (QED) is 0.408. The van der Waals surface area contributed by atoms with Gasteiger partial charge in [0, 0.05) is 29.1 Å². The summed E-state index contributed by atoms with van der Waals surface area (Å²) in [5, 5.41) is 12.4. The minimum Gasteiger partial charge on any atom is -0.338 e. The molecule has 4 rings (SSSR count). The predicted octanol–water partition coefficient (Wildman–Crippen LogP) is 3.44. The van der Waals surface area contributed by atoms with E-state index in [2.05, 4.69) is 25.5 Å². The number of hydrogen-bond donors (Lipinski definition) is 2. The van der Waals surface area contributed by atoms with Gasteiger partial charge in [-0.3, -0.25) is 9.59 Å². The van der Waals surface area contributed by atoms with Crippen molar-refractivity contribution in [3.8, 4) is 0 Å². The number of amides is 1. The Labute approximate surface area is 158 Å². The highest BCUT2D eigenvalue weighted by Gasteiger charge is 2.12. The summed E-state index contributed by atoms with van der Waals surface area (Å²) >= 11 is 1.24. The zero-order chi connectivity index (χ0) is 18.8. The second-order valence-electron chi connectivity index (χ2n) is 5.93. The fourth-order valence-corrected chi connectivity index (χ4v) is 3.40. The molecule has 27 heavy (non-hydrogen) atoms. The van der Waals surface area contributed by atoms with Gasteiger partial charge >= 0.3 is 0 Å². The number of ketones is 1. The Hall–Kier alpha value is -3.26. The Kier molecular flexibility index (Phi) is 4.55. The number of aromatic nitrogens is 4. The molecule has 2 N–H and O–H groups in total. The van der Waals surface area contributed by atoms with E-state index in [1.54, 1.807) is 24.3 Å². The number of nitrogens with zero attached hydrogens (tertiary/aromatic N) is 3. The molecular weight excluding hydrogens is 362 g/mol. The van der Waals surface area contributed by atoms with Crippen molar-refractivity contribution in [1.29, 1.82) is 0 Å². The lowest BCUT2D eigenvalue weighted by Gasteiger charge is -2.04. The number of H-pyrrole nitrogens is 1. The van der Waals surface area contributed by atoms with Gasteiger partial charge in [-0.05, 0) is 30.3 Å². The summed E-state index contributed by atoms with van der Waals surface area (Å²) in [7, 11) is 0. The molecule has 0 bridgehead atoms. The lowest BCUT2D eigenvalue weighted by molar-refractivity contribution is -0.114. The molecule has 7 nitrogen and oxygen atoms in total. The van der Waals surface area contributed by atoms with Crippen molar-refractivity contribution in [1.82, 2.24) is 20.2 Å². The number of fused-ring (bicyclic) bond motifs is 3. The van der Waals surface area contributed by atoms with Crippen LogP contribution in [0.1, 0.15) is 17.3 Å². The largest absolute Gasteiger partial charge is 0.338 e. The van der Waals surface area contributed by atoms with E-state index in [-0.39, 0.29) is 17.4 Å². The highest BCUT2D eigenvalue weighted by atomic mass is 32.2. The average molecular weight is 377 g/mol. The van der Waals surface area contributed by atoms with E-state index in [4.69, 9.17) is 0 Å². The van der Waals surface area contributed by atoms with E-state index in [1.165, 1.54) is 18.7 Å². The van der Waals surface area contributed by atoms with Crippen LogP contribution in [0.3, 0.4) is 0 Å². The number of para-hydroxylation sites is 1. The minimum absolute atomic E-state index is 0.0466. The van der Waals surface area contributed by atoms with Crippen molar-refractivity contribution in [3.63, 3.8) is 0 Å². The Bertz CT molecular complexity index is 1150.